The van der Waals surface area contributed by atoms with Crippen molar-refractivity contribution in [3.63, 3.8) is 0 Å². The van der Waals surface area contributed by atoms with Crippen LogP contribution in [0.1, 0.15) is 11.1 Å². The van der Waals surface area contributed by atoms with Gasteiger partial charge in [0.15, 0.2) is 0 Å². The summed E-state index contributed by atoms with van der Waals surface area (Å²) in [6, 6.07) is 17.1. The lowest BCUT2D eigenvalue weighted by atomic mass is 9.98. The van der Waals surface area contributed by atoms with Crippen LogP contribution in [-0.2, 0) is 0 Å². The van der Waals surface area contributed by atoms with E-state index in [1.165, 1.54) is 22.3 Å². The van der Waals surface area contributed by atoms with Crippen LogP contribution in [0.2, 0.25) is 0 Å². The Bertz CT molecular complexity index is 512. The molecule has 2 rings (SSSR count). The molecule has 0 N–H and O–H groups in total. The summed E-state index contributed by atoms with van der Waals surface area (Å²) in [4.78, 5) is 0. The van der Waals surface area contributed by atoms with Gasteiger partial charge in [-0.3, -0.25) is 0 Å². The van der Waals surface area contributed by atoms with Crippen molar-refractivity contribution in [2.75, 3.05) is 0 Å². The highest BCUT2D eigenvalue weighted by molar-refractivity contribution is 14.1. The first kappa shape index (κ1) is 11.4. The van der Waals surface area contributed by atoms with Crippen LogP contribution in [0.15, 0.2) is 52.6 Å². The van der Waals surface area contributed by atoms with Crippen LogP contribution in [0.4, 0.5) is 0 Å². The van der Waals surface area contributed by atoms with Gasteiger partial charge in [0.2, 0.25) is 0 Å². The number of halogens is 1. The summed E-state index contributed by atoms with van der Waals surface area (Å²) in [5, 5.41) is 0. The van der Waals surface area contributed by atoms with Crippen molar-refractivity contribution in [3.05, 3.63) is 63.7 Å². The summed E-state index contributed by atoms with van der Waals surface area (Å²) >= 11 is 2.25. The van der Waals surface area contributed by atoms with Crippen LogP contribution in [0.25, 0.3) is 17.2 Å². The Balaban J connectivity index is 2.55. The second-order valence-corrected chi connectivity index (χ2v) is 4.47. The SMILES string of the molecule is Cc1cccc(-c2ccccc2/C=C/I)c1. The quantitative estimate of drug-likeness (QED) is 0.678. The predicted molar refractivity (Wildman–Crippen MR) is 79.7 cm³/mol. The maximum atomic E-state index is 2.25. The molecule has 0 aromatic heterocycles. The topological polar surface area (TPSA) is 0 Å². The van der Waals surface area contributed by atoms with Crippen molar-refractivity contribution < 1.29 is 0 Å². The Labute approximate surface area is 110 Å². The minimum atomic E-state index is 1.27. The Hall–Kier alpha value is -1.09. The first-order chi connectivity index (χ1) is 7.81. The molecule has 0 bridgehead atoms. The lowest BCUT2D eigenvalue weighted by molar-refractivity contribution is 1.46. The van der Waals surface area contributed by atoms with Gasteiger partial charge in [-0.25, -0.2) is 0 Å². The van der Waals surface area contributed by atoms with Gasteiger partial charge in [-0.2, -0.15) is 0 Å². The van der Waals surface area contributed by atoms with Gasteiger partial charge >= 0.3 is 0 Å². The molecule has 80 valence electrons. The van der Waals surface area contributed by atoms with Crippen LogP contribution < -0.4 is 0 Å². The van der Waals surface area contributed by atoms with Gasteiger partial charge in [-0.1, -0.05) is 76.7 Å². The van der Waals surface area contributed by atoms with Gasteiger partial charge < -0.3 is 0 Å². The molecule has 16 heavy (non-hydrogen) atoms. The van der Waals surface area contributed by atoms with E-state index in [1.807, 2.05) is 4.08 Å². The average Bonchev–Trinajstić information content (AvgIpc) is 2.30. The van der Waals surface area contributed by atoms with Crippen molar-refractivity contribution >= 4 is 28.7 Å². The van der Waals surface area contributed by atoms with E-state index in [0.717, 1.165) is 0 Å². The van der Waals surface area contributed by atoms with E-state index >= 15 is 0 Å². The molecule has 1 heteroatoms. The smallest absolute Gasteiger partial charge is 0.0111 e. The molecule has 0 saturated carbocycles. The van der Waals surface area contributed by atoms with Gasteiger partial charge in [0, 0.05) is 0 Å². The summed E-state index contributed by atoms with van der Waals surface area (Å²) in [7, 11) is 0. The maximum Gasteiger partial charge on any atom is -0.0111 e. The molecule has 0 aliphatic heterocycles. The molecule has 0 saturated heterocycles. The summed E-state index contributed by atoms with van der Waals surface area (Å²) < 4.78 is 2.05. The average molecular weight is 320 g/mol. The van der Waals surface area contributed by atoms with Crippen molar-refractivity contribution in [2.24, 2.45) is 0 Å². The zero-order valence-electron chi connectivity index (χ0n) is 9.15. The summed E-state index contributed by atoms with van der Waals surface area (Å²) in [5.74, 6) is 0. The third-order valence-corrected chi connectivity index (χ3v) is 2.89. The van der Waals surface area contributed by atoms with Crippen LogP contribution in [0.3, 0.4) is 0 Å². The summed E-state index contributed by atoms with van der Waals surface area (Å²) in [6.45, 7) is 2.13. The highest BCUT2D eigenvalue weighted by atomic mass is 127. The highest BCUT2D eigenvalue weighted by Crippen LogP contribution is 2.25. The van der Waals surface area contributed by atoms with Crippen molar-refractivity contribution in [1.82, 2.24) is 0 Å². The van der Waals surface area contributed by atoms with E-state index in [0.29, 0.717) is 0 Å². The molecule has 0 spiro atoms. The van der Waals surface area contributed by atoms with Crippen LogP contribution in [-0.4, -0.2) is 0 Å². The fraction of sp³-hybridized carbons (Fsp3) is 0.0667. The van der Waals surface area contributed by atoms with Gasteiger partial charge in [0.25, 0.3) is 0 Å². The van der Waals surface area contributed by atoms with Crippen LogP contribution >= 0.6 is 22.6 Å². The van der Waals surface area contributed by atoms with Crippen molar-refractivity contribution in [1.29, 1.82) is 0 Å². The second kappa shape index (κ2) is 5.30. The van der Waals surface area contributed by atoms with E-state index in [2.05, 4.69) is 84.1 Å². The van der Waals surface area contributed by atoms with Crippen LogP contribution in [0.5, 0.6) is 0 Å². The van der Waals surface area contributed by atoms with Crippen molar-refractivity contribution in [2.45, 2.75) is 6.92 Å². The molecule has 0 atom stereocenters. The van der Waals surface area contributed by atoms with Gasteiger partial charge in [0.1, 0.15) is 0 Å². The highest BCUT2D eigenvalue weighted by Gasteiger charge is 2.01. The lowest BCUT2D eigenvalue weighted by Crippen LogP contribution is -1.83. The normalized spacial score (nSPS) is 10.9. The Morgan fingerprint density at radius 2 is 1.81 bits per heavy atom. The van der Waals surface area contributed by atoms with Crippen molar-refractivity contribution in [3.8, 4) is 11.1 Å². The molecule has 0 radical (unpaired) electrons. The minimum absolute atomic E-state index is 1.27. The van der Waals surface area contributed by atoms with E-state index in [-0.39, 0.29) is 0 Å². The Kier molecular flexibility index (Phi) is 3.78. The molecule has 2 aromatic carbocycles. The summed E-state index contributed by atoms with van der Waals surface area (Å²) in [5.41, 5.74) is 5.14. The zero-order valence-corrected chi connectivity index (χ0v) is 11.3. The number of benzene rings is 2. The lowest BCUT2D eigenvalue weighted by Gasteiger charge is -2.06. The number of aryl methyl sites for hydroxylation is 1. The molecular formula is C15H13I. The zero-order chi connectivity index (χ0) is 11.4. The van der Waals surface area contributed by atoms with Gasteiger partial charge in [-0.15, -0.1) is 0 Å². The fourth-order valence-corrected chi connectivity index (χ4v) is 2.17. The molecule has 0 nitrogen and oxygen atoms in total. The largest absolute Gasteiger partial charge is 0.0616 e. The van der Waals surface area contributed by atoms with E-state index in [1.54, 1.807) is 0 Å². The third kappa shape index (κ3) is 2.53. The predicted octanol–water partition coefficient (Wildman–Crippen LogP) is 5.07. The van der Waals surface area contributed by atoms with Crippen LogP contribution in [0, 0.1) is 6.92 Å². The first-order valence-electron chi connectivity index (χ1n) is 5.24. The molecular weight excluding hydrogens is 307 g/mol. The Morgan fingerprint density at radius 1 is 1.00 bits per heavy atom. The standard InChI is InChI=1S/C15H13I/c1-12-5-4-7-14(11-12)15-8-3-2-6-13(15)9-10-16/h2-11H,1H3/b10-9+. The van der Waals surface area contributed by atoms with E-state index < -0.39 is 0 Å². The molecule has 0 aliphatic carbocycles. The fourth-order valence-electron chi connectivity index (χ4n) is 1.79. The third-order valence-electron chi connectivity index (χ3n) is 2.53. The molecule has 0 amide bonds. The van der Waals surface area contributed by atoms with E-state index in [4.69, 9.17) is 0 Å². The maximum absolute atomic E-state index is 2.25. The molecule has 2 aromatic rings. The molecule has 0 unspecified atom stereocenters. The number of hydrogen-bond acceptors (Lipinski definition) is 0. The molecule has 0 heterocycles. The minimum Gasteiger partial charge on any atom is -0.0616 e. The number of rotatable bonds is 2. The van der Waals surface area contributed by atoms with E-state index in [9.17, 15) is 0 Å². The molecule has 0 fully saturated rings. The van der Waals surface area contributed by atoms with Gasteiger partial charge in [0.05, 0.1) is 0 Å². The Morgan fingerprint density at radius 3 is 2.56 bits per heavy atom. The molecule has 0 aliphatic rings. The number of hydrogen-bond donors (Lipinski definition) is 0. The second-order valence-electron chi connectivity index (χ2n) is 3.75. The monoisotopic (exact) mass is 320 g/mol. The summed E-state index contributed by atoms with van der Waals surface area (Å²) in [6.07, 6.45) is 2.14. The van der Waals surface area contributed by atoms with Gasteiger partial charge in [-0.05, 0) is 33.8 Å². The first-order valence-corrected chi connectivity index (χ1v) is 6.48.